The Balaban J connectivity index is 1.59. The number of thioether (sulfide) groups is 1. The molecule has 166 valence electrons. The Labute approximate surface area is 206 Å². The SMILES string of the molecule is O=C1S/C(=C/c2cc(Br)ccc2OCc2cccc([N+](=O)[O-])c2)C(=O)N1c1ccc(Cl)cc1. The number of hydrogen-bond acceptors (Lipinski definition) is 6. The molecule has 1 saturated heterocycles. The quantitative estimate of drug-likeness (QED) is 0.192. The van der Waals surface area contributed by atoms with Crippen molar-refractivity contribution >= 4 is 67.9 Å². The van der Waals surface area contributed by atoms with Gasteiger partial charge in [0.15, 0.2) is 0 Å². The molecule has 2 amide bonds. The molecular formula is C23H14BrClN2O5S. The number of ether oxygens (including phenoxy) is 1. The third-order valence-corrected chi connectivity index (χ3v) is 6.27. The van der Waals surface area contributed by atoms with Crippen molar-refractivity contribution in [2.45, 2.75) is 6.61 Å². The summed E-state index contributed by atoms with van der Waals surface area (Å²) in [5, 5.41) is 11.1. The minimum Gasteiger partial charge on any atom is -0.488 e. The summed E-state index contributed by atoms with van der Waals surface area (Å²) in [4.78, 5) is 37.3. The largest absolute Gasteiger partial charge is 0.488 e. The first-order valence-corrected chi connectivity index (χ1v) is 11.5. The molecule has 1 aliphatic heterocycles. The van der Waals surface area contributed by atoms with Crippen LogP contribution in [0.15, 0.2) is 76.1 Å². The molecule has 1 fully saturated rings. The lowest BCUT2D eigenvalue weighted by molar-refractivity contribution is -0.384. The second-order valence-electron chi connectivity index (χ2n) is 6.89. The summed E-state index contributed by atoms with van der Waals surface area (Å²) >= 11 is 10.1. The highest BCUT2D eigenvalue weighted by Gasteiger charge is 2.36. The fraction of sp³-hybridized carbons (Fsp3) is 0.0435. The lowest BCUT2D eigenvalue weighted by Gasteiger charge is -2.12. The number of nitro benzene ring substituents is 1. The maximum Gasteiger partial charge on any atom is 0.298 e. The highest BCUT2D eigenvalue weighted by Crippen LogP contribution is 2.37. The van der Waals surface area contributed by atoms with Crippen LogP contribution in [0.4, 0.5) is 16.2 Å². The molecule has 0 aromatic heterocycles. The number of anilines is 1. The van der Waals surface area contributed by atoms with Crippen molar-refractivity contribution in [3.8, 4) is 5.75 Å². The van der Waals surface area contributed by atoms with Crippen LogP contribution < -0.4 is 9.64 Å². The first-order chi connectivity index (χ1) is 15.8. The van der Waals surface area contributed by atoms with Crippen molar-refractivity contribution in [3.05, 3.63) is 102 Å². The van der Waals surface area contributed by atoms with Crippen LogP contribution in [0.3, 0.4) is 0 Å². The zero-order valence-corrected chi connectivity index (χ0v) is 19.9. The Kier molecular flexibility index (Phi) is 6.83. The smallest absolute Gasteiger partial charge is 0.298 e. The van der Waals surface area contributed by atoms with Gasteiger partial charge in [-0.25, -0.2) is 4.90 Å². The van der Waals surface area contributed by atoms with Gasteiger partial charge in [0, 0.05) is 27.2 Å². The maximum absolute atomic E-state index is 12.9. The Morgan fingerprint density at radius 1 is 1.09 bits per heavy atom. The normalized spacial score (nSPS) is 14.7. The average molecular weight is 546 g/mol. The second-order valence-corrected chi connectivity index (χ2v) is 9.24. The number of nitrogens with zero attached hydrogens (tertiary/aromatic N) is 2. The molecule has 0 radical (unpaired) electrons. The van der Waals surface area contributed by atoms with E-state index < -0.39 is 16.1 Å². The van der Waals surface area contributed by atoms with E-state index in [2.05, 4.69) is 15.9 Å². The summed E-state index contributed by atoms with van der Waals surface area (Å²) < 4.78 is 6.65. The number of hydrogen-bond donors (Lipinski definition) is 0. The van der Waals surface area contributed by atoms with Gasteiger partial charge in [0.2, 0.25) is 0 Å². The van der Waals surface area contributed by atoms with Crippen molar-refractivity contribution in [2.24, 2.45) is 0 Å². The molecule has 1 heterocycles. The van der Waals surface area contributed by atoms with E-state index in [1.54, 1.807) is 60.7 Å². The van der Waals surface area contributed by atoms with Crippen LogP contribution in [0.2, 0.25) is 5.02 Å². The number of halogens is 2. The molecule has 0 bridgehead atoms. The Morgan fingerprint density at radius 3 is 2.58 bits per heavy atom. The van der Waals surface area contributed by atoms with E-state index in [9.17, 15) is 19.7 Å². The van der Waals surface area contributed by atoms with Crippen molar-refractivity contribution in [1.82, 2.24) is 0 Å². The number of benzene rings is 3. The number of nitro groups is 1. The molecule has 4 rings (SSSR count). The minimum absolute atomic E-state index is 0.0250. The van der Waals surface area contributed by atoms with E-state index in [0.29, 0.717) is 27.6 Å². The van der Waals surface area contributed by atoms with Gasteiger partial charge in [-0.2, -0.15) is 0 Å². The van der Waals surface area contributed by atoms with Gasteiger partial charge in [-0.05, 0) is 65.9 Å². The van der Waals surface area contributed by atoms with Gasteiger partial charge in [-0.3, -0.25) is 19.7 Å². The molecule has 3 aromatic carbocycles. The van der Waals surface area contributed by atoms with Crippen molar-refractivity contribution in [3.63, 3.8) is 0 Å². The number of imide groups is 1. The zero-order valence-electron chi connectivity index (χ0n) is 16.7. The Bertz CT molecular complexity index is 1300. The van der Waals surface area contributed by atoms with Gasteiger partial charge >= 0.3 is 0 Å². The Morgan fingerprint density at radius 2 is 1.85 bits per heavy atom. The first-order valence-electron chi connectivity index (χ1n) is 9.51. The maximum atomic E-state index is 12.9. The number of rotatable bonds is 6. The first kappa shape index (κ1) is 23.0. The van der Waals surface area contributed by atoms with Crippen LogP contribution >= 0.6 is 39.3 Å². The summed E-state index contributed by atoms with van der Waals surface area (Å²) in [6, 6.07) is 17.9. The molecular weight excluding hydrogens is 532 g/mol. The predicted octanol–water partition coefficient (Wildman–Crippen LogP) is 6.83. The van der Waals surface area contributed by atoms with Crippen LogP contribution in [0.25, 0.3) is 6.08 Å². The predicted molar refractivity (Wildman–Crippen MR) is 131 cm³/mol. The fourth-order valence-electron chi connectivity index (χ4n) is 3.11. The third-order valence-electron chi connectivity index (χ3n) is 4.65. The van der Waals surface area contributed by atoms with Gasteiger partial charge in [0.25, 0.3) is 16.8 Å². The molecule has 3 aromatic rings. The molecule has 7 nitrogen and oxygen atoms in total. The van der Waals surface area contributed by atoms with Gasteiger partial charge < -0.3 is 4.74 Å². The van der Waals surface area contributed by atoms with Gasteiger partial charge in [-0.15, -0.1) is 0 Å². The topological polar surface area (TPSA) is 89.7 Å². The molecule has 10 heteroatoms. The van der Waals surface area contributed by atoms with Crippen LogP contribution in [0.5, 0.6) is 5.75 Å². The molecule has 0 spiro atoms. The van der Waals surface area contributed by atoms with Crippen molar-refractivity contribution in [1.29, 1.82) is 0 Å². The molecule has 0 aliphatic carbocycles. The zero-order chi connectivity index (χ0) is 23.5. The van der Waals surface area contributed by atoms with Crippen molar-refractivity contribution in [2.75, 3.05) is 4.90 Å². The number of carbonyl (C=O) groups excluding carboxylic acids is 2. The average Bonchev–Trinajstić information content (AvgIpc) is 3.07. The summed E-state index contributed by atoms with van der Waals surface area (Å²) in [6.07, 6.45) is 1.59. The van der Waals surface area contributed by atoms with Crippen LogP contribution in [0, 0.1) is 10.1 Å². The van der Waals surface area contributed by atoms with Crippen molar-refractivity contribution < 1.29 is 19.2 Å². The van der Waals surface area contributed by atoms with Gasteiger partial charge in [-0.1, -0.05) is 39.7 Å². The molecule has 0 unspecified atom stereocenters. The summed E-state index contributed by atoms with van der Waals surface area (Å²) in [6.45, 7) is 0.0937. The van der Waals surface area contributed by atoms with Gasteiger partial charge in [0.05, 0.1) is 15.5 Å². The highest BCUT2D eigenvalue weighted by molar-refractivity contribution is 9.10. The summed E-state index contributed by atoms with van der Waals surface area (Å²) in [7, 11) is 0. The molecule has 1 aliphatic rings. The monoisotopic (exact) mass is 544 g/mol. The number of non-ortho nitro benzene ring substituents is 1. The summed E-state index contributed by atoms with van der Waals surface area (Å²) in [5.74, 6) is 0.0138. The molecule has 0 N–H and O–H groups in total. The van der Waals surface area contributed by atoms with E-state index in [1.165, 1.54) is 12.1 Å². The lowest BCUT2D eigenvalue weighted by atomic mass is 10.1. The highest BCUT2D eigenvalue weighted by atomic mass is 79.9. The summed E-state index contributed by atoms with van der Waals surface area (Å²) in [5.41, 5.74) is 1.61. The van der Waals surface area contributed by atoms with Crippen LogP contribution in [-0.4, -0.2) is 16.1 Å². The van der Waals surface area contributed by atoms with E-state index in [4.69, 9.17) is 16.3 Å². The number of carbonyl (C=O) groups is 2. The van der Waals surface area contributed by atoms with Gasteiger partial charge in [0.1, 0.15) is 12.4 Å². The molecule has 0 atom stereocenters. The van der Waals surface area contributed by atoms with Crippen LogP contribution in [0.1, 0.15) is 11.1 Å². The standard InChI is InChI=1S/C23H14BrClN2O5S/c24-16-4-9-20(32-13-14-2-1-3-19(10-14)27(30)31)15(11-16)12-21-22(28)26(23(29)33-21)18-7-5-17(25)6-8-18/h1-12H,13H2/b21-12+. The molecule has 0 saturated carbocycles. The van der Waals surface area contributed by atoms with E-state index in [0.717, 1.165) is 21.1 Å². The lowest BCUT2D eigenvalue weighted by Crippen LogP contribution is -2.27. The Hall–Kier alpha value is -3.14. The molecule has 33 heavy (non-hydrogen) atoms. The van der Waals surface area contributed by atoms with Crippen LogP contribution in [-0.2, 0) is 11.4 Å². The second kappa shape index (κ2) is 9.78. The third kappa shape index (κ3) is 5.27. The van der Waals surface area contributed by atoms with E-state index >= 15 is 0 Å². The van der Waals surface area contributed by atoms with E-state index in [1.807, 2.05) is 0 Å². The minimum atomic E-state index is -0.467. The van der Waals surface area contributed by atoms with E-state index in [-0.39, 0.29) is 17.2 Å². The fourth-order valence-corrected chi connectivity index (χ4v) is 4.44. The number of amides is 2.